The summed E-state index contributed by atoms with van der Waals surface area (Å²) in [7, 11) is 1.26. The van der Waals surface area contributed by atoms with E-state index < -0.39 is 6.09 Å². The number of aromatic nitrogens is 4. The van der Waals surface area contributed by atoms with Crippen molar-refractivity contribution in [1.82, 2.24) is 29.7 Å². The van der Waals surface area contributed by atoms with Gasteiger partial charge in [-0.25, -0.2) is 9.78 Å². The number of rotatable bonds is 7. The molecule has 37 heavy (non-hydrogen) atoms. The number of para-hydroxylation sites is 2. The number of imidazole rings is 1. The molecule has 14 heteroatoms. The van der Waals surface area contributed by atoms with Crippen molar-refractivity contribution >= 4 is 80.0 Å². The summed E-state index contributed by atoms with van der Waals surface area (Å²) < 4.78 is 12.3. The maximum Gasteiger partial charge on any atom is 0.407 e. The first-order valence-electron chi connectivity index (χ1n) is 11.8. The standard InChI is InChI=1S/C23H26I2N8O4/c1-36-23(35)26-11-19(34)32-12-14(13-32)27-17-10-18(30-22(29-17)31-6-8-37-9-7-31)33-16-5-3-2-4-15(16)28-21(33)20(24)25/h2-5,10,14,20H,6-9,11-13H2,1H3,(H,26,35)(H,27,29,30). The van der Waals surface area contributed by atoms with Crippen LogP contribution in [0, 0.1) is 0 Å². The molecule has 1 aromatic carbocycles. The monoisotopic (exact) mass is 732 g/mol. The fourth-order valence-corrected chi connectivity index (χ4v) is 5.10. The molecule has 2 aliphatic heterocycles. The highest BCUT2D eigenvalue weighted by Crippen LogP contribution is 2.35. The molecule has 196 valence electrons. The molecular formula is C23H26I2N8O4. The highest BCUT2D eigenvalue weighted by molar-refractivity contribution is 14.2. The maximum atomic E-state index is 12.3. The number of nitrogens with one attached hydrogen (secondary N) is 2. The zero-order valence-corrected chi connectivity index (χ0v) is 24.4. The van der Waals surface area contributed by atoms with Gasteiger partial charge in [0.15, 0.2) is 0 Å². The predicted molar refractivity (Wildman–Crippen MR) is 155 cm³/mol. The maximum absolute atomic E-state index is 12.3. The lowest BCUT2D eigenvalue weighted by molar-refractivity contribution is -0.134. The van der Waals surface area contributed by atoms with E-state index in [1.807, 2.05) is 30.3 Å². The van der Waals surface area contributed by atoms with E-state index in [0.29, 0.717) is 51.2 Å². The van der Waals surface area contributed by atoms with Crippen molar-refractivity contribution in [3.63, 3.8) is 0 Å². The number of halogens is 2. The SMILES string of the molecule is COC(=O)NCC(=O)N1CC(Nc2cc(-n3c(C(I)I)nc4ccccc43)nc(N3CCOCC3)n2)C1. The molecule has 0 radical (unpaired) electrons. The number of amides is 2. The number of hydrogen-bond acceptors (Lipinski definition) is 9. The molecule has 0 spiro atoms. The second-order valence-electron chi connectivity index (χ2n) is 8.59. The molecule has 2 fully saturated rings. The first-order valence-corrected chi connectivity index (χ1v) is 14.3. The Kier molecular flexibility index (Phi) is 8.13. The van der Waals surface area contributed by atoms with Crippen molar-refractivity contribution in [2.75, 3.05) is 63.3 Å². The number of anilines is 2. The van der Waals surface area contributed by atoms with Crippen LogP contribution in [0.1, 0.15) is 7.76 Å². The molecule has 2 amide bonds. The first-order chi connectivity index (χ1) is 17.9. The van der Waals surface area contributed by atoms with Crippen molar-refractivity contribution in [2.45, 2.75) is 7.97 Å². The highest BCUT2D eigenvalue weighted by Gasteiger charge is 2.31. The number of fused-ring (bicyclic) bond motifs is 1. The lowest BCUT2D eigenvalue weighted by atomic mass is 10.1. The Bertz CT molecular complexity index is 1290. The van der Waals surface area contributed by atoms with Gasteiger partial charge in [-0.3, -0.25) is 9.36 Å². The molecule has 12 nitrogen and oxygen atoms in total. The molecule has 2 aromatic heterocycles. The van der Waals surface area contributed by atoms with Crippen LogP contribution in [0.15, 0.2) is 30.3 Å². The molecule has 0 bridgehead atoms. The van der Waals surface area contributed by atoms with Crippen molar-refractivity contribution in [3.05, 3.63) is 36.2 Å². The van der Waals surface area contributed by atoms with Gasteiger partial charge in [-0.1, -0.05) is 57.3 Å². The number of benzene rings is 1. The molecule has 5 rings (SSSR count). The average Bonchev–Trinajstić information content (AvgIpc) is 3.29. The summed E-state index contributed by atoms with van der Waals surface area (Å²) in [5.74, 6) is 2.78. The fourth-order valence-electron chi connectivity index (χ4n) is 4.26. The van der Waals surface area contributed by atoms with Crippen molar-refractivity contribution in [1.29, 1.82) is 0 Å². The zero-order chi connectivity index (χ0) is 25.9. The molecule has 2 saturated heterocycles. The van der Waals surface area contributed by atoms with E-state index in [9.17, 15) is 9.59 Å². The van der Waals surface area contributed by atoms with Crippen molar-refractivity contribution in [3.8, 4) is 5.82 Å². The third kappa shape index (κ3) is 5.84. The minimum absolute atomic E-state index is 0.0308. The summed E-state index contributed by atoms with van der Waals surface area (Å²) in [5, 5.41) is 5.89. The number of alkyl carbamates (subject to hydrolysis) is 1. The molecule has 0 unspecified atom stereocenters. The fraction of sp³-hybridized carbons (Fsp3) is 0.435. The van der Waals surface area contributed by atoms with Gasteiger partial charge in [0.25, 0.3) is 0 Å². The van der Waals surface area contributed by atoms with Crippen molar-refractivity contribution in [2.24, 2.45) is 0 Å². The summed E-state index contributed by atoms with van der Waals surface area (Å²) in [5.41, 5.74) is 1.89. The minimum atomic E-state index is -0.626. The smallest absolute Gasteiger partial charge is 0.407 e. The molecule has 0 atom stereocenters. The van der Waals surface area contributed by atoms with E-state index in [0.717, 1.165) is 22.7 Å². The van der Waals surface area contributed by atoms with Crippen LogP contribution < -0.4 is 15.5 Å². The quantitative estimate of drug-likeness (QED) is 0.279. The van der Waals surface area contributed by atoms with E-state index in [4.69, 9.17) is 19.7 Å². The van der Waals surface area contributed by atoms with Gasteiger partial charge in [-0.15, -0.1) is 0 Å². The largest absolute Gasteiger partial charge is 0.453 e. The summed E-state index contributed by atoms with van der Waals surface area (Å²) in [6.45, 7) is 3.59. The molecule has 4 heterocycles. The highest BCUT2D eigenvalue weighted by atomic mass is 127. The van der Waals surface area contributed by atoms with E-state index in [1.54, 1.807) is 4.90 Å². The van der Waals surface area contributed by atoms with E-state index >= 15 is 0 Å². The Morgan fingerprint density at radius 3 is 2.65 bits per heavy atom. The van der Waals surface area contributed by atoms with Crippen LogP contribution >= 0.6 is 45.2 Å². The Hall–Kier alpha value is -2.47. The predicted octanol–water partition coefficient (Wildman–Crippen LogP) is 2.50. The summed E-state index contributed by atoms with van der Waals surface area (Å²) >= 11 is 4.72. The number of carbonyl (C=O) groups is 2. The summed E-state index contributed by atoms with van der Waals surface area (Å²) in [6, 6.07) is 9.99. The van der Waals surface area contributed by atoms with Crippen LogP contribution in [-0.4, -0.2) is 95.5 Å². The van der Waals surface area contributed by atoms with E-state index in [-0.39, 0.29) is 20.4 Å². The number of methoxy groups -OCH3 is 1. The second-order valence-corrected chi connectivity index (χ2v) is 13.5. The van der Waals surface area contributed by atoms with Gasteiger partial charge in [-0.2, -0.15) is 9.97 Å². The third-order valence-corrected chi connectivity index (χ3v) is 7.28. The molecule has 0 aliphatic carbocycles. The van der Waals surface area contributed by atoms with E-state index in [2.05, 4.69) is 70.0 Å². The number of carbonyl (C=O) groups excluding carboxylic acids is 2. The average molecular weight is 732 g/mol. The summed E-state index contributed by atoms with van der Waals surface area (Å²) in [4.78, 5) is 42.0. The minimum Gasteiger partial charge on any atom is -0.453 e. The van der Waals surface area contributed by atoms with Crippen LogP contribution in [-0.2, 0) is 14.3 Å². The van der Waals surface area contributed by atoms with Crippen LogP contribution in [0.25, 0.3) is 16.9 Å². The number of nitrogens with zero attached hydrogens (tertiary/aromatic N) is 6. The van der Waals surface area contributed by atoms with Crippen LogP contribution in [0.5, 0.6) is 0 Å². The molecule has 3 aromatic rings. The zero-order valence-electron chi connectivity index (χ0n) is 20.1. The summed E-state index contributed by atoms with van der Waals surface area (Å²) in [6.07, 6.45) is -0.626. The van der Waals surface area contributed by atoms with Gasteiger partial charge in [0.2, 0.25) is 11.9 Å². The number of alkyl halides is 2. The van der Waals surface area contributed by atoms with Crippen LogP contribution in [0.4, 0.5) is 16.6 Å². The molecule has 0 saturated carbocycles. The lowest BCUT2D eigenvalue weighted by Gasteiger charge is -2.40. The Morgan fingerprint density at radius 1 is 1.16 bits per heavy atom. The van der Waals surface area contributed by atoms with Gasteiger partial charge in [0, 0.05) is 32.2 Å². The Morgan fingerprint density at radius 2 is 1.92 bits per heavy atom. The first kappa shape index (κ1) is 26.1. The van der Waals surface area contributed by atoms with Gasteiger partial charge in [-0.05, 0) is 12.1 Å². The van der Waals surface area contributed by atoms with Crippen LogP contribution in [0.2, 0.25) is 0 Å². The number of morpholine rings is 1. The Labute approximate surface area is 240 Å². The Balaban J connectivity index is 1.41. The second kappa shape index (κ2) is 11.5. The van der Waals surface area contributed by atoms with Gasteiger partial charge >= 0.3 is 6.09 Å². The number of likely N-dealkylation sites (tertiary alicyclic amines) is 1. The van der Waals surface area contributed by atoms with Gasteiger partial charge in [0.05, 0.1) is 37.4 Å². The topological polar surface area (TPSA) is 127 Å². The molecule has 2 aliphatic rings. The van der Waals surface area contributed by atoms with Crippen molar-refractivity contribution < 1.29 is 19.1 Å². The molecule has 2 N–H and O–H groups in total. The molecular weight excluding hydrogens is 706 g/mol. The van der Waals surface area contributed by atoms with Crippen LogP contribution in [0.3, 0.4) is 0 Å². The number of hydrogen-bond donors (Lipinski definition) is 2. The van der Waals surface area contributed by atoms with Gasteiger partial charge < -0.3 is 29.9 Å². The van der Waals surface area contributed by atoms with Gasteiger partial charge in [0.1, 0.15) is 25.9 Å². The van der Waals surface area contributed by atoms with E-state index in [1.165, 1.54) is 7.11 Å². The lowest BCUT2D eigenvalue weighted by Crippen LogP contribution is -2.59. The normalized spacial score (nSPS) is 16.1. The third-order valence-electron chi connectivity index (χ3n) is 6.16. The number of ether oxygens (including phenoxy) is 2.